The van der Waals surface area contributed by atoms with E-state index in [0.29, 0.717) is 0 Å². The van der Waals surface area contributed by atoms with Gasteiger partial charge in [0.15, 0.2) is 0 Å². The van der Waals surface area contributed by atoms with Gasteiger partial charge in [-0.2, -0.15) is 0 Å². The number of ether oxygens (including phenoxy) is 2. The smallest absolute Gasteiger partial charge is 0.127 e. The molecule has 2 aromatic rings. The molecule has 1 unspecified atom stereocenters. The molecule has 2 rings (SSSR count). The van der Waals surface area contributed by atoms with E-state index in [0.717, 1.165) is 29.9 Å². The Morgan fingerprint density at radius 2 is 1.71 bits per heavy atom. The molecule has 0 amide bonds. The maximum atomic E-state index is 6.70. The average molecular weight is 285 g/mol. The number of nitrogens with two attached hydrogens (primary N) is 1. The molecule has 0 aliphatic heterocycles. The van der Waals surface area contributed by atoms with Gasteiger partial charge in [-0.3, -0.25) is 0 Å². The fourth-order valence-electron chi connectivity index (χ4n) is 2.58. The van der Waals surface area contributed by atoms with Gasteiger partial charge in [-0.15, -0.1) is 0 Å². The minimum Gasteiger partial charge on any atom is -0.497 e. The van der Waals surface area contributed by atoms with E-state index in [4.69, 9.17) is 15.2 Å². The van der Waals surface area contributed by atoms with Crippen LogP contribution in [-0.2, 0) is 12.0 Å². The molecule has 112 valence electrons. The summed E-state index contributed by atoms with van der Waals surface area (Å²) in [5, 5.41) is 0. The molecule has 0 saturated carbocycles. The van der Waals surface area contributed by atoms with E-state index >= 15 is 0 Å². The van der Waals surface area contributed by atoms with Crippen LogP contribution in [0.5, 0.6) is 11.5 Å². The zero-order chi connectivity index (χ0) is 15.3. The summed E-state index contributed by atoms with van der Waals surface area (Å²) < 4.78 is 10.8. The molecule has 21 heavy (non-hydrogen) atoms. The Balaban J connectivity index is 2.40. The van der Waals surface area contributed by atoms with Gasteiger partial charge in [-0.1, -0.05) is 37.3 Å². The van der Waals surface area contributed by atoms with Crippen LogP contribution in [-0.4, -0.2) is 14.2 Å². The van der Waals surface area contributed by atoms with E-state index in [1.54, 1.807) is 14.2 Å². The van der Waals surface area contributed by atoms with Crippen molar-refractivity contribution < 1.29 is 9.47 Å². The van der Waals surface area contributed by atoms with Gasteiger partial charge >= 0.3 is 0 Å². The Bertz CT molecular complexity index is 583. The molecule has 0 saturated heterocycles. The van der Waals surface area contributed by atoms with Crippen LogP contribution in [0.2, 0.25) is 0 Å². The number of hydrogen-bond acceptors (Lipinski definition) is 3. The van der Waals surface area contributed by atoms with Crippen molar-refractivity contribution in [3.63, 3.8) is 0 Å². The van der Waals surface area contributed by atoms with Gasteiger partial charge in [-0.05, 0) is 30.5 Å². The van der Waals surface area contributed by atoms with Crippen molar-refractivity contribution >= 4 is 0 Å². The Morgan fingerprint density at radius 3 is 2.29 bits per heavy atom. The molecule has 3 heteroatoms. The second kappa shape index (κ2) is 6.64. The van der Waals surface area contributed by atoms with E-state index in [1.807, 2.05) is 36.4 Å². The zero-order valence-electron chi connectivity index (χ0n) is 12.9. The highest BCUT2D eigenvalue weighted by Crippen LogP contribution is 2.35. The molecule has 0 heterocycles. The summed E-state index contributed by atoms with van der Waals surface area (Å²) in [6, 6.07) is 16.1. The molecule has 0 aromatic heterocycles. The maximum absolute atomic E-state index is 6.70. The highest BCUT2D eigenvalue weighted by molar-refractivity contribution is 5.45. The normalized spacial score (nSPS) is 13.5. The first-order valence-corrected chi connectivity index (χ1v) is 7.18. The van der Waals surface area contributed by atoms with E-state index in [-0.39, 0.29) is 0 Å². The minimum atomic E-state index is -0.459. The van der Waals surface area contributed by atoms with Crippen molar-refractivity contribution in [2.75, 3.05) is 14.2 Å². The highest BCUT2D eigenvalue weighted by atomic mass is 16.5. The molecular formula is C18H23NO2. The Labute approximate surface area is 126 Å². The molecule has 0 aliphatic carbocycles. The van der Waals surface area contributed by atoms with Crippen molar-refractivity contribution in [2.24, 2.45) is 5.73 Å². The summed E-state index contributed by atoms with van der Waals surface area (Å²) >= 11 is 0. The van der Waals surface area contributed by atoms with Gasteiger partial charge < -0.3 is 15.2 Å². The van der Waals surface area contributed by atoms with E-state index in [2.05, 4.69) is 19.1 Å². The fraction of sp³-hybridized carbons (Fsp3) is 0.333. The first kappa shape index (κ1) is 15.4. The van der Waals surface area contributed by atoms with Crippen LogP contribution in [0.4, 0.5) is 0 Å². The van der Waals surface area contributed by atoms with Crippen LogP contribution in [0.15, 0.2) is 48.5 Å². The van der Waals surface area contributed by atoms with Crippen LogP contribution in [0.1, 0.15) is 24.5 Å². The van der Waals surface area contributed by atoms with Crippen LogP contribution in [0.3, 0.4) is 0 Å². The Morgan fingerprint density at radius 1 is 1.00 bits per heavy atom. The summed E-state index contributed by atoms with van der Waals surface area (Å²) in [5.41, 5.74) is 8.47. The summed E-state index contributed by atoms with van der Waals surface area (Å²) in [6.07, 6.45) is 1.59. The minimum absolute atomic E-state index is 0.459. The van der Waals surface area contributed by atoms with Crippen molar-refractivity contribution in [1.29, 1.82) is 0 Å². The molecule has 0 fully saturated rings. The Hall–Kier alpha value is -2.00. The van der Waals surface area contributed by atoms with E-state index in [9.17, 15) is 0 Å². The predicted octanol–water partition coefficient (Wildman–Crippen LogP) is 3.51. The Kier molecular flexibility index (Phi) is 4.86. The third kappa shape index (κ3) is 3.37. The summed E-state index contributed by atoms with van der Waals surface area (Å²) in [4.78, 5) is 0. The molecule has 0 radical (unpaired) electrons. The third-order valence-electron chi connectivity index (χ3n) is 3.94. The molecule has 0 aliphatic rings. The van der Waals surface area contributed by atoms with E-state index < -0.39 is 5.54 Å². The number of hydrogen-bond donors (Lipinski definition) is 1. The second-order valence-corrected chi connectivity index (χ2v) is 5.24. The van der Waals surface area contributed by atoms with Gasteiger partial charge in [0.05, 0.1) is 14.2 Å². The van der Waals surface area contributed by atoms with Gasteiger partial charge in [0.25, 0.3) is 0 Å². The number of benzene rings is 2. The predicted molar refractivity (Wildman–Crippen MR) is 85.8 cm³/mol. The van der Waals surface area contributed by atoms with E-state index in [1.165, 1.54) is 5.56 Å². The summed E-state index contributed by atoms with van der Waals surface area (Å²) in [7, 11) is 3.31. The van der Waals surface area contributed by atoms with Crippen LogP contribution in [0, 0.1) is 0 Å². The fourth-order valence-corrected chi connectivity index (χ4v) is 2.58. The summed E-state index contributed by atoms with van der Waals surface area (Å²) in [6.45, 7) is 2.10. The van der Waals surface area contributed by atoms with Crippen molar-refractivity contribution in [2.45, 2.75) is 25.3 Å². The summed E-state index contributed by atoms with van der Waals surface area (Å²) in [5.74, 6) is 1.54. The monoisotopic (exact) mass is 285 g/mol. The van der Waals surface area contributed by atoms with Gasteiger partial charge in [0.1, 0.15) is 11.5 Å². The van der Waals surface area contributed by atoms with Crippen molar-refractivity contribution in [3.05, 3.63) is 59.7 Å². The number of methoxy groups -OCH3 is 2. The lowest BCUT2D eigenvalue weighted by atomic mass is 9.82. The molecule has 1 atom stereocenters. The molecule has 2 N–H and O–H groups in total. The average Bonchev–Trinajstić information content (AvgIpc) is 2.55. The largest absolute Gasteiger partial charge is 0.497 e. The molecule has 0 spiro atoms. The topological polar surface area (TPSA) is 44.5 Å². The van der Waals surface area contributed by atoms with Crippen molar-refractivity contribution in [1.82, 2.24) is 0 Å². The molecular weight excluding hydrogens is 262 g/mol. The lowest BCUT2D eigenvalue weighted by molar-refractivity contribution is 0.360. The van der Waals surface area contributed by atoms with Crippen molar-refractivity contribution in [3.8, 4) is 11.5 Å². The van der Waals surface area contributed by atoms with Crippen LogP contribution < -0.4 is 15.2 Å². The zero-order valence-corrected chi connectivity index (χ0v) is 12.9. The highest BCUT2D eigenvalue weighted by Gasteiger charge is 2.29. The second-order valence-electron chi connectivity index (χ2n) is 5.24. The number of rotatable bonds is 6. The first-order chi connectivity index (χ1) is 10.1. The quantitative estimate of drug-likeness (QED) is 0.883. The van der Waals surface area contributed by atoms with Crippen LogP contribution in [0.25, 0.3) is 0 Å². The lowest BCUT2D eigenvalue weighted by Gasteiger charge is -2.30. The third-order valence-corrected chi connectivity index (χ3v) is 3.94. The molecule has 2 aromatic carbocycles. The van der Waals surface area contributed by atoms with Crippen LogP contribution >= 0.6 is 0 Å². The maximum Gasteiger partial charge on any atom is 0.127 e. The first-order valence-electron chi connectivity index (χ1n) is 7.18. The van der Waals surface area contributed by atoms with Gasteiger partial charge in [0, 0.05) is 17.2 Å². The van der Waals surface area contributed by atoms with Gasteiger partial charge in [-0.25, -0.2) is 0 Å². The molecule has 3 nitrogen and oxygen atoms in total. The van der Waals surface area contributed by atoms with Gasteiger partial charge in [0.2, 0.25) is 0 Å². The molecule has 0 bridgehead atoms. The standard InChI is InChI=1S/C18H23NO2/c1-4-18(19,13-14-8-6-5-7-9-14)16-11-10-15(20-2)12-17(16)21-3/h5-12H,4,13,19H2,1-3H3. The lowest BCUT2D eigenvalue weighted by Crippen LogP contribution is -2.38. The SMILES string of the molecule is CCC(N)(Cc1ccccc1)c1ccc(OC)cc1OC.